The fraction of sp³-hybridized carbons (Fsp3) is 0.739. The third-order valence-electron chi connectivity index (χ3n) is 5.07. The van der Waals surface area contributed by atoms with Crippen molar-refractivity contribution in [3.63, 3.8) is 0 Å². The molecule has 2 heteroatoms. The van der Waals surface area contributed by atoms with Crippen LogP contribution in [0.25, 0.3) is 0 Å². The molecule has 0 saturated carbocycles. The predicted molar refractivity (Wildman–Crippen MR) is 108 cm³/mol. The standard InChI is InChI=1S/C23H42N.HI/c1-4-5-6-7-8-9-10-11-12-13-14-18-21-24(2,3)22-23-19-16-15-17-20-23;/h15-17,19-20H,4-14,18,21-22H2,1-3H3;1H/q+1;/p-1. The molecule has 25 heavy (non-hydrogen) atoms. The molecule has 0 unspecified atom stereocenters. The molecule has 146 valence electrons. The van der Waals surface area contributed by atoms with Gasteiger partial charge in [-0.2, -0.15) is 0 Å². The zero-order chi connectivity index (χ0) is 17.5. The average molecular weight is 459 g/mol. The summed E-state index contributed by atoms with van der Waals surface area (Å²) in [5.41, 5.74) is 1.46. The van der Waals surface area contributed by atoms with Gasteiger partial charge in [0, 0.05) is 5.56 Å². The third-order valence-corrected chi connectivity index (χ3v) is 5.07. The minimum Gasteiger partial charge on any atom is -1.00 e. The number of hydrogen-bond acceptors (Lipinski definition) is 0. The number of hydrogen-bond donors (Lipinski definition) is 0. The van der Waals surface area contributed by atoms with E-state index in [2.05, 4.69) is 51.4 Å². The summed E-state index contributed by atoms with van der Waals surface area (Å²) >= 11 is 0. The molecule has 0 fully saturated rings. The van der Waals surface area contributed by atoms with Crippen LogP contribution in [-0.4, -0.2) is 25.1 Å². The molecule has 0 saturated heterocycles. The fourth-order valence-corrected chi connectivity index (χ4v) is 3.54. The smallest absolute Gasteiger partial charge is 0.104 e. The van der Waals surface area contributed by atoms with Crippen molar-refractivity contribution in [2.75, 3.05) is 20.6 Å². The van der Waals surface area contributed by atoms with Crippen molar-refractivity contribution in [2.45, 2.75) is 90.5 Å². The van der Waals surface area contributed by atoms with E-state index >= 15 is 0 Å². The number of unbranched alkanes of at least 4 members (excludes halogenated alkanes) is 11. The Kier molecular flexibility index (Phi) is 16.1. The lowest BCUT2D eigenvalue weighted by Gasteiger charge is -2.30. The maximum absolute atomic E-state index is 2.37. The van der Waals surface area contributed by atoms with E-state index < -0.39 is 0 Å². The molecule has 0 N–H and O–H groups in total. The van der Waals surface area contributed by atoms with Crippen LogP contribution in [0.5, 0.6) is 0 Å². The second-order valence-corrected chi connectivity index (χ2v) is 8.19. The summed E-state index contributed by atoms with van der Waals surface area (Å²) in [6.07, 6.45) is 17.2. The summed E-state index contributed by atoms with van der Waals surface area (Å²) in [6, 6.07) is 10.9. The van der Waals surface area contributed by atoms with Crippen molar-refractivity contribution < 1.29 is 28.5 Å². The lowest BCUT2D eigenvalue weighted by molar-refractivity contribution is -0.903. The highest BCUT2D eigenvalue weighted by atomic mass is 127. The minimum atomic E-state index is 0. The largest absolute Gasteiger partial charge is 1.00 e. The molecule has 0 atom stereocenters. The van der Waals surface area contributed by atoms with Gasteiger partial charge in [-0.25, -0.2) is 0 Å². The number of rotatable bonds is 15. The lowest BCUT2D eigenvalue weighted by Crippen LogP contribution is -3.00. The van der Waals surface area contributed by atoms with Crippen molar-refractivity contribution in [1.29, 1.82) is 0 Å². The van der Waals surface area contributed by atoms with E-state index in [0.717, 1.165) is 11.0 Å². The number of benzene rings is 1. The number of halogens is 1. The van der Waals surface area contributed by atoms with Gasteiger partial charge in [0.05, 0.1) is 20.6 Å². The molecule has 0 aromatic heterocycles. The van der Waals surface area contributed by atoms with Gasteiger partial charge in [-0.15, -0.1) is 0 Å². The first-order chi connectivity index (χ1) is 11.6. The summed E-state index contributed by atoms with van der Waals surface area (Å²) in [6.45, 7) is 4.74. The van der Waals surface area contributed by atoms with Crippen molar-refractivity contribution in [1.82, 2.24) is 0 Å². The Bertz CT molecular complexity index is 388. The summed E-state index contributed by atoms with van der Waals surface area (Å²) in [5.74, 6) is 0. The van der Waals surface area contributed by atoms with Crippen molar-refractivity contribution in [3.05, 3.63) is 35.9 Å². The van der Waals surface area contributed by atoms with E-state index in [0.29, 0.717) is 0 Å². The third kappa shape index (κ3) is 14.7. The van der Waals surface area contributed by atoms with Crippen LogP contribution in [0.15, 0.2) is 30.3 Å². The molecule has 1 aromatic rings. The highest BCUT2D eigenvalue weighted by Gasteiger charge is 2.14. The van der Waals surface area contributed by atoms with E-state index in [1.807, 2.05) is 0 Å². The van der Waals surface area contributed by atoms with Crippen molar-refractivity contribution >= 4 is 0 Å². The topological polar surface area (TPSA) is 0 Å². The normalized spacial score (nSPS) is 11.3. The predicted octanol–water partition coefficient (Wildman–Crippen LogP) is 3.97. The van der Waals surface area contributed by atoms with Gasteiger partial charge in [0.15, 0.2) is 0 Å². The number of nitrogens with zero attached hydrogens (tertiary/aromatic N) is 1. The van der Waals surface area contributed by atoms with Crippen LogP contribution in [0.3, 0.4) is 0 Å². The zero-order valence-corrected chi connectivity index (χ0v) is 19.3. The molecule has 1 nitrogen and oxygen atoms in total. The molecule has 0 heterocycles. The van der Waals surface area contributed by atoms with Crippen LogP contribution in [-0.2, 0) is 6.54 Å². The van der Waals surface area contributed by atoms with Crippen LogP contribution in [0.1, 0.15) is 89.5 Å². The second-order valence-electron chi connectivity index (χ2n) is 8.19. The molecule has 0 amide bonds. The van der Waals surface area contributed by atoms with Gasteiger partial charge >= 0.3 is 0 Å². The molecule has 0 radical (unpaired) electrons. The van der Waals surface area contributed by atoms with Crippen LogP contribution < -0.4 is 24.0 Å². The Balaban J connectivity index is 0.00000576. The molecule has 0 aliphatic rings. The van der Waals surface area contributed by atoms with Crippen LogP contribution in [0, 0.1) is 0 Å². The van der Waals surface area contributed by atoms with Gasteiger partial charge in [-0.3, -0.25) is 0 Å². The van der Waals surface area contributed by atoms with Crippen LogP contribution in [0.4, 0.5) is 0 Å². The Morgan fingerprint density at radius 2 is 1.08 bits per heavy atom. The highest BCUT2D eigenvalue weighted by Crippen LogP contribution is 2.14. The number of quaternary nitrogens is 1. The minimum absolute atomic E-state index is 0. The zero-order valence-electron chi connectivity index (χ0n) is 17.1. The molecule has 0 bridgehead atoms. The monoisotopic (exact) mass is 459 g/mol. The second kappa shape index (κ2) is 16.1. The summed E-state index contributed by atoms with van der Waals surface area (Å²) < 4.78 is 1.11. The van der Waals surface area contributed by atoms with Gasteiger partial charge in [0.2, 0.25) is 0 Å². The van der Waals surface area contributed by atoms with Crippen molar-refractivity contribution in [2.24, 2.45) is 0 Å². The fourth-order valence-electron chi connectivity index (χ4n) is 3.54. The molecular weight excluding hydrogens is 417 g/mol. The maximum atomic E-state index is 2.37. The van der Waals surface area contributed by atoms with E-state index in [1.54, 1.807) is 0 Å². The summed E-state index contributed by atoms with van der Waals surface area (Å²) in [7, 11) is 4.73. The van der Waals surface area contributed by atoms with Gasteiger partial charge < -0.3 is 28.5 Å². The van der Waals surface area contributed by atoms with Gasteiger partial charge in [-0.05, 0) is 12.8 Å². The van der Waals surface area contributed by atoms with E-state index in [4.69, 9.17) is 0 Å². The lowest BCUT2D eigenvalue weighted by atomic mass is 10.1. The molecular formula is C23H42IN. The van der Waals surface area contributed by atoms with E-state index in [9.17, 15) is 0 Å². The Hall–Kier alpha value is -0.0900. The molecule has 0 aliphatic carbocycles. The first-order valence-corrected chi connectivity index (χ1v) is 10.5. The van der Waals surface area contributed by atoms with Gasteiger partial charge in [0.1, 0.15) is 6.54 Å². The molecule has 0 aliphatic heterocycles. The molecule has 0 spiro atoms. The first-order valence-electron chi connectivity index (χ1n) is 10.5. The van der Waals surface area contributed by atoms with E-state index in [1.165, 1.54) is 89.2 Å². The van der Waals surface area contributed by atoms with E-state index in [-0.39, 0.29) is 24.0 Å². The summed E-state index contributed by atoms with van der Waals surface area (Å²) in [5, 5.41) is 0. The van der Waals surface area contributed by atoms with Gasteiger partial charge in [0.25, 0.3) is 0 Å². The van der Waals surface area contributed by atoms with Crippen molar-refractivity contribution in [3.8, 4) is 0 Å². The quantitative estimate of drug-likeness (QED) is 0.212. The SMILES string of the molecule is CCCCCCCCCCCCCC[N+](C)(C)Cc1ccccc1.[I-]. The van der Waals surface area contributed by atoms with Crippen LogP contribution in [0.2, 0.25) is 0 Å². The van der Waals surface area contributed by atoms with Crippen LogP contribution >= 0.6 is 0 Å². The Morgan fingerprint density at radius 1 is 0.640 bits per heavy atom. The molecule has 1 rings (SSSR count). The summed E-state index contributed by atoms with van der Waals surface area (Å²) in [4.78, 5) is 0. The first kappa shape index (κ1) is 24.9. The van der Waals surface area contributed by atoms with Gasteiger partial charge in [-0.1, -0.05) is 101 Å². The highest BCUT2D eigenvalue weighted by molar-refractivity contribution is 5.13. The Labute approximate surface area is 175 Å². The Morgan fingerprint density at radius 3 is 1.56 bits per heavy atom. The average Bonchev–Trinajstić information content (AvgIpc) is 2.56. The molecule has 1 aromatic carbocycles. The maximum Gasteiger partial charge on any atom is 0.104 e.